The molecule has 2 unspecified atom stereocenters. The van der Waals surface area contributed by atoms with E-state index in [1.54, 1.807) is 7.11 Å². The van der Waals surface area contributed by atoms with E-state index in [1.165, 1.54) is 12.8 Å². The summed E-state index contributed by atoms with van der Waals surface area (Å²) in [5.41, 5.74) is 0. The number of thioether (sulfide) groups is 1. The van der Waals surface area contributed by atoms with Gasteiger partial charge < -0.3 is 4.74 Å². The molecule has 0 aliphatic heterocycles. The van der Waals surface area contributed by atoms with Crippen LogP contribution in [0, 0.1) is 0 Å². The average molecular weight is 211 g/mol. The predicted molar refractivity (Wildman–Crippen MR) is 58.1 cm³/mol. The second-order valence-electron chi connectivity index (χ2n) is 2.87. The molecule has 0 bridgehead atoms. The summed E-state index contributed by atoms with van der Waals surface area (Å²) in [4.78, 5) is 0. The van der Waals surface area contributed by atoms with Crippen LogP contribution in [0.15, 0.2) is 0 Å². The Bertz CT molecular complexity index is 107. The molecule has 0 radical (unpaired) electrons. The van der Waals surface area contributed by atoms with Gasteiger partial charge in [0.05, 0.1) is 6.10 Å². The lowest BCUT2D eigenvalue weighted by atomic mass is 10.3. The van der Waals surface area contributed by atoms with Crippen molar-refractivity contribution in [2.75, 3.05) is 7.11 Å². The molecule has 0 N–H and O–H groups in total. The minimum absolute atomic E-state index is 0.0832. The van der Waals surface area contributed by atoms with E-state index in [2.05, 4.69) is 13.8 Å². The van der Waals surface area contributed by atoms with E-state index in [9.17, 15) is 0 Å². The highest BCUT2D eigenvalue weighted by Gasteiger charge is 2.17. The van der Waals surface area contributed by atoms with Gasteiger partial charge in [0.15, 0.2) is 0 Å². The Morgan fingerprint density at radius 1 is 1.33 bits per heavy atom. The molecule has 0 aromatic carbocycles. The summed E-state index contributed by atoms with van der Waals surface area (Å²) in [5.74, 6) is 0. The molecule has 0 rings (SSSR count). The molecule has 0 saturated heterocycles. The van der Waals surface area contributed by atoms with Crippen molar-refractivity contribution in [3.8, 4) is 0 Å². The molecule has 0 aliphatic rings. The number of alkyl halides is 1. The van der Waals surface area contributed by atoms with Crippen LogP contribution in [0.25, 0.3) is 0 Å². The summed E-state index contributed by atoms with van der Waals surface area (Å²) in [6.07, 6.45) is 2.50. The van der Waals surface area contributed by atoms with E-state index in [1.807, 2.05) is 18.7 Å². The number of methoxy groups -OCH3 is 1. The van der Waals surface area contributed by atoms with Crippen LogP contribution in [0.1, 0.15) is 33.6 Å². The van der Waals surface area contributed by atoms with Gasteiger partial charge in [0.2, 0.25) is 0 Å². The highest BCUT2D eigenvalue weighted by Crippen LogP contribution is 2.28. The molecule has 0 spiro atoms. The van der Waals surface area contributed by atoms with E-state index >= 15 is 0 Å². The number of halogens is 1. The zero-order chi connectivity index (χ0) is 9.56. The van der Waals surface area contributed by atoms with E-state index in [-0.39, 0.29) is 10.8 Å². The van der Waals surface area contributed by atoms with Crippen molar-refractivity contribution in [3.63, 3.8) is 0 Å². The molecular weight excluding hydrogens is 192 g/mol. The van der Waals surface area contributed by atoms with Crippen molar-refractivity contribution < 1.29 is 4.74 Å². The van der Waals surface area contributed by atoms with Gasteiger partial charge in [-0.15, -0.1) is 23.4 Å². The summed E-state index contributed by atoms with van der Waals surface area (Å²) in [7, 11) is 1.70. The van der Waals surface area contributed by atoms with Crippen molar-refractivity contribution in [2.45, 2.75) is 49.7 Å². The number of hydrogen-bond donors (Lipinski definition) is 0. The first-order valence-corrected chi connectivity index (χ1v) is 5.85. The molecule has 1 nitrogen and oxygen atoms in total. The lowest BCUT2D eigenvalue weighted by Crippen LogP contribution is -2.19. The number of rotatable bonds is 6. The van der Waals surface area contributed by atoms with Gasteiger partial charge in [0.1, 0.15) is 4.71 Å². The second-order valence-corrected chi connectivity index (χ2v) is 5.04. The highest BCUT2D eigenvalue weighted by molar-refractivity contribution is 8.01. The SMILES string of the molecule is CCC(CC)SC(Cl)C(C)OC. The van der Waals surface area contributed by atoms with Crippen LogP contribution >= 0.6 is 23.4 Å². The monoisotopic (exact) mass is 210 g/mol. The van der Waals surface area contributed by atoms with Gasteiger partial charge in [-0.05, 0) is 19.8 Å². The molecule has 0 aromatic rings. The fraction of sp³-hybridized carbons (Fsp3) is 1.00. The third-order valence-electron chi connectivity index (χ3n) is 1.97. The maximum absolute atomic E-state index is 6.12. The van der Waals surface area contributed by atoms with Crippen molar-refractivity contribution >= 4 is 23.4 Å². The smallest absolute Gasteiger partial charge is 0.105 e. The van der Waals surface area contributed by atoms with E-state index in [4.69, 9.17) is 16.3 Å². The Morgan fingerprint density at radius 2 is 1.83 bits per heavy atom. The topological polar surface area (TPSA) is 9.23 Å². The van der Waals surface area contributed by atoms with E-state index < -0.39 is 0 Å². The Morgan fingerprint density at radius 3 is 2.17 bits per heavy atom. The normalized spacial score (nSPS) is 16.5. The zero-order valence-corrected chi connectivity index (χ0v) is 9.91. The van der Waals surface area contributed by atoms with Crippen molar-refractivity contribution in [2.24, 2.45) is 0 Å². The van der Waals surface area contributed by atoms with Crippen LogP contribution in [0.2, 0.25) is 0 Å². The van der Waals surface area contributed by atoms with Crippen LogP contribution in [-0.4, -0.2) is 23.2 Å². The molecule has 0 aromatic heterocycles. The van der Waals surface area contributed by atoms with Gasteiger partial charge in [0.25, 0.3) is 0 Å². The lowest BCUT2D eigenvalue weighted by molar-refractivity contribution is 0.130. The Kier molecular flexibility index (Phi) is 7.40. The van der Waals surface area contributed by atoms with Crippen LogP contribution in [0.3, 0.4) is 0 Å². The summed E-state index contributed by atoms with van der Waals surface area (Å²) < 4.78 is 5.23. The van der Waals surface area contributed by atoms with E-state index in [0.29, 0.717) is 5.25 Å². The van der Waals surface area contributed by atoms with Crippen LogP contribution in [0.5, 0.6) is 0 Å². The fourth-order valence-electron chi connectivity index (χ4n) is 0.883. The minimum Gasteiger partial charge on any atom is -0.379 e. The Balaban J connectivity index is 3.72. The summed E-state index contributed by atoms with van der Waals surface area (Å²) in [6.45, 7) is 6.40. The molecule has 12 heavy (non-hydrogen) atoms. The van der Waals surface area contributed by atoms with Crippen molar-refractivity contribution in [1.82, 2.24) is 0 Å². The minimum atomic E-state index is 0.0832. The third-order valence-corrected chi connectivity index (χ3v) is 4.33. The zero-order valence-electron chi connectivity index (χ0n) is 8.34. The van der Waals surface area contributed by atoms with E-state index in [0.717, 1.165) is 0 Å². The summed E-state index contributed by atoms with van der Waals surface area (Å²) in [6, 6.07) is 0. The molecule has 3 heteroatoms. The average Bonchev–Trinajstić information content (AvgIpc) is 2.12. The molecule has 2 atom stereocenters. The molecule has 0 fully saturated rings. The Hall–Kier alpha value is 0.600. The first-order chi connectivity index (χ1) is 5.65. The summed E-state index contributed by atoms with van der Waals surface area (Å²) in [5, 5.41) is 0.671. The van der Waals surface area contributed by atoms with Crippen molar-refractivity contribution in [1.29, 1.82) is 0 Å². The third kappa shape index (κ3) is 4.58. The van der Waals surface area contributed by atoms with Gasteiger partial charge in [0, 0.05) is 12.4 Å². The summed E-state index contributed by atoms with van der Waals surface area (Å²) >= 11 is 7.94. The van der Waals surface area contributed by atoms with Gasteiger partial charge in [-0.25, -0.2) is 0 Å². The lowest BCUT2D eigenvalue weighted by Gasteiger charge is -2.20. The molecular formula is C9H19ClOS. The largest absolute Gasteiger partial charge is 0.379 e. The van der Waals surface area contributed by atoms with Gasteiger partial charge in [-0.3, -0.25) is 0 Å². The highest BCUT2D eigenvalue weighted by atomic mass is 35.5. The fourth-order valence-corrected chi connectivity index (χ4v) is 2.51. The Labute approximate surface area is 85.2 Å². The van der Waals surface area contributed by atoms with Gasteiger partial charge in [-0.2, -0.15) is 0 Å². The standard InChI is InChI=1S/C9H19ClOS/c1-5-8(6-2)12-9(10)7(3)11-4/h7-9H,5-6H2,1-4H3. The molecule has 0 aliphatic carbocycles. The number of hydrogen-bond acceptors (Lipinski definition) is 2. The first-order valence-electron chi connectivity index (χ1n) is 4.47. The maximum atomic E-state index is 6.12. The number of ether oxygens (including phenoxy) is 1. The van der Waals surface area contributed by atoms with Crippen molar-refractivity contribution in [3.05, 3.63) is 0 Å². The maximum Gasteiger partial charge on any atom is 0.105 e. The molecule has 0 heterocycles. The van der Waals surface area contributed by atoms with Crippen LogP contribution < -0.4 is 0 Å². The van der Waals surface area contributed by atoms with Gasteiger partial charge in [-0.1, -0.05) is 13.8 Å². The molecule has 0 saturated carbocycles. The molecule has 74 valence electrons. The van der Waals surface area contributed by atoms with Crippen LogP contribution in [-0.2, 0) is 4.74 Å². The van der Waals surface area contributed by atoms with Gasteiger partial charge >= 0.3 is 0 Å². The first kappa shape index (κ1) is 12.6. The second kappa shape index (κ2) is 7.05. The quantitative estimate of drug-likeness (QED) is 0.621. The molecule has 0 amide bonds. The predicted octanol–water partition coefficient (Wildman–Crippen LogP) is 3.51. The van der Waals surface area contributed by atoms with Crippen LogP contribution in [0.4, 0.5) is 0 Å².